The van der Waals surface area contributed by atoms with Crippen LogP contribution in [-0.2, 0) is 7.05 Å². The molecule has 5 nitrogen and oxygen atoms in total. The molecule has 0 spiro atoms. The van der Waals surface area contributed by atoms with E-state index >= 15 is 0 Å². The molecule has 0 aliphatic rings. The standard InChI is InChI=1S/C24H19ClN2O3/c1-14-4-10-18(11-5-14)27-21(24(29)30)12-19-20(13-26(3)23(28)22(19)27)15(2)16-6-8-17(25)9-7-16/h4-13H,2H2,1,3H3,(H,29,30). The molecular weight excluding hydrogens is 400 g/mol. The van der Waals surface area contributed by atoms with Crippen molar-refractivity contribution in [1.82, 2.24) is 9.13 Å². The molecule has 0 amide bonds. The van der Waals surface area contributed by atoms with Crippen LogP contribution in [0.5, 0.6) is 0 Å². The van der Waals surface area contributed by atoms with Crippen LogP contribution in [0.1, 0.15) is 27.2 Å². The number of hydrogen-bond acceptors (Lipinski definition) is 2. The predicted octanol–water partition coefficient (Wildman–Crippen LogP) is 5.05. The van der Waals surface area contributed by atoms with Crippen molar-refractivity contribution in [2.75, 3.05) is 0 Å². The largest absolute Gasteiger partial charge is 0.477 e. The Hall–Kier alpha value is -3.57. The fraction of sp³-hybridized carbons (Fsp3) is 0.0833. The number of nitrogens with zero attached hydrogens (tertiary/aromatic N) is 2. The van der Waals surface area contributed by atoms with E-state index in [-0.39, 0.29) is 11.3 Å². The Labute approximate surface area is 178 Å². The number of halogens is 1. The molecule has 0 fully saturated rings. The number of aromatic carboxylic acids is 1. The second-order valence-corrected chi connectivity index (χ2v) is 7.65. The van der Waals surface area contributed by atoms with Gasteiger partial charge in [0.05, 0.1) is 0 Å². The molecule has 0 radical (unpaired) electrons. The van der Waals surface area contributed by atoms with E-state index in [0.717, 1.165) is 11.1 Å². The Balaban J connectivity index is 2.06. The summed E-state index contributed by atoms with van der Waals surface area (Å²) in [6, 6.07) is 16.1. The highest BCUT2D eigenvalue weighted by Crippen LogP contribution is 2.31. The molecular formula is C24H19ClN2O3. The Kier molecular flexibility index (Phi) is 4.84. The highest BCUT2D eigenvalue weighted by molar-refractivity contribution is 6.30. The Morgan fingerprint density at radius 3 is 2.30 bits per heavy atom. The quantitative estimate of drug-likeness (QED) is 0.504. The van der Waals surface area contributed by atoms with Crippen molar-refractivity contribution in [3.05, 3.63) is 105 Å². The van der Waals surface area contributed by atoms with Gasteiger partial charge in [0.1, 0.15) is 11.2 Å². The summed E-state index contributed by atoms with van der Waals surface area (Å²) in [6.45, 7) is 6.15. The van der Waals surface area contributed by atoms with Gasteiger partial charge in [0.2, 0.25) is 0 Å². The first-order valence-electron chi connectivity index (χ1n) is 9.28. The number of aryl methyl sites for hydroxylation is 2. The molecule has 0 aliphatic heterocycles. The number of carbonyl (C=O) groups is 1. The van der Waals surface area contributed by atoms with Crippen LogP contribution in [0.4, 0.5) is 0 Å². The number of benzene rings is 2. The molecule has 2 aromatic carbocycles. The minimum absolute atomic E-state index is 0.0160. The lowest BCUT2D eigenvalue weighted by Crippen LogP contribution is -2.20. The number of pyridine rings is 1. The van der Waals surface area contributed by atoms with Crippen LogP contribution in [-0.4, -0.2) is 20.2 Å². The zero-order valence-electron chi connectivity index (χ0n) is 16.5. The zero-order valence-corrected chi connectivity index (χ0v) is 17.3. The van der Waals surface area contributed by atoms with Crippen molar-refractivity contribution in [1.29, 1.82) is 0 Å². The third-order valence-electron chi connectivity index (χ3n) is 5.17. The van der Waals surface area contributed by atoms with Crippen LogP contribution in [0.3, 0.4) is 0 Å². The Bertz CT molecular complexity index is 1360. The maximum absolute atomic E-state index is 13.1. The van der Waals surface area contributed by atoms with Gasteiger partial charge >= 0.3 is 5.97 Å². The zero-order chi connectivity index (χ0) is 21.6. The molecule has 4 rings (SSSR count). The predicted molar refractivity (Wildman–Crippen MR) is 120 cm³/mol. The highest BCUT2D eigenvalue weighted by Gasteiger charge is 2.22. The van der Waals surface area contributed by atoms with Gasteiger partial charge in [-0.25, -0.2) is 4.79 Å². The highest BCUT2D eigenvalue weighted by atomic mass is 35.5. The van der Waals surface area contributed by atoms with Gasteiger partial charge < -0.3 is 9.67 Å². The fourth-order valence-electron chi connectivity index (χ4n) is 3.58. The number of carboxylic acids is 1. The van der Waals surface area contributed by atoms with Crippen LogP contribution in [0.2, 0.25) is 5.02 Å². The third kappa shape index (κ3) is 3.23. The van der Waals surface area contributed by atoms with Crippen molar-refractivity contribution < 1.29 is 9.90 Å². The lowest BCUT2D eigenvalue weighted by molar-refractivity contribution is 0.0688. The lowest BCUT2D eigenvalue weighted by Gasteiger charge is -2.12. The molecule has 30 heavy (non-hydrogen) atoms. The van der Waals surface area contributed by atoms with Gasteiger partial charge in [0.15, 0.2) is 0 Å². The summed E-state index contributed by atoms with van der Waals surface area (Å²) < 4.78 is 2.95. The smallest absolute Gasteiger partial charge is 0.352 e. The van der Waals surface area contributed by atoms with E-state index in [4.69, 9.17) is 11.6 Å². The van der Waals surface area contributed by atoms with Crippen LogP contribution in [0.25, 0.3) is 22.2 Å². The van der Waals surface area contributed by atoms with Crippen molar-refractivity contribution >= 4 is 34.0 Å². The van der Waals surface area contributed by atoms with Crippen molar-refractivity contribution in [3.63, 3.8) is 0 Å². The number of rotatable bonds is 4. The van der Waals surface area contributed by atoms with Gasteiger partial charge in [0.25, 0.3) is 5.56 Å². The monoisotopic (exact) mass is 418 g/mol. The molecule has 0 atom stereocenters. The first kappa shape index (κ1) is 19.7. The molecule has 0 saturated heterocycles. The fourth-order valence-corrected chi connectivity index (χ4v) is 3.71. The van der Waals surface area contributed by atoms with Crippen LogP contribution < -0.4 is 5.56 Å². The Morgan fingerprint density at radius 2 is 1.70 bits per heavy atom. The number of hydrogen-bond donors (Lipinski definition) is 1. The maximum atomic E-state index is 13.1. The number of carboxylic acid groups (broad SMARTS) is 1. The van der Waals surface area contributed by atoms with Gasteiger partial charge in [-0.15, -0.1) is 0 Å². The summed E-state index contributed by atoms with van der Waals surface area (Å²) in [7, 11) is 1.65. The minimum Gasteiger partial charge on any atom is -0.477 e. The third-order valence-corrected chi connectivity index (χ3v) is 5.42. The molecule has 6 heteroatoms. The molecule has 4 aromatic rings. The van der Waals surface area contributed by atoms with Crippen LogP contribution in [0, 0.1) is 6.92 Å². The number of fused-ring (bicyclic) bond motifs is 1. The molecule has 1 N–H and O–H groups in total. The van der Waals surface area contributed by atoms with Gasteiger partial charge in [0, 0.05) is 34.9 Å². The SMILES string of the molecule is C=C(c1ccc(Cl)cc1)c1cn(C)c(=O)c2c1cc(C(=O)O)n2-c1ccc(C)cc1. The number of aromatic nitrogens is 2. The normalized spacial score (nSPS) is 11.0. The van der Waals surface area contributed by atoms with Gasteiger partial charge in [-0.2, -0.15) is 0 Å². The van der Waals surface area contributed by atoms with E-state index in [0.29, 0.717) is 32.7 Å². The second-order valence-electron chi connectivity index (χ2n) is 7.21. The summed E-state index contributed by atoms with van der Waals surface area (Å²) in [5, 5.41) is 11.0. The van der Waals surface area contributed by atoms with Gasteiger partial charge in [-0.3, -0.25) is 9.36 Å². The molecule has 2 aromatic heterocycles. The summed E-state index contributed by atoms with van der Waals surface area (Å²) in [4.78, 5) is 25.1. The van der Waals surface area contributed by atoms with E-state index in [9.17, 15) is 14.7 Å². The summed E-state index contributed by atoms with van der Waals surface area (Å²) in [5.41, 5.74) is 3.86. The lowest BCUT2D eigenvalue weighted by atomic mass is 9.98. The first-order chi connectivity index (χ1) is 14.3. The maximum Gasteiger partial charge on any atom is 0.352 e. The van der Waals surface area contributed by atoms with Gasteiger partial charge in [-0.05, 0) is 48.4 Å². The average Bonchev–Trinajstić information content (AvgIpc) is 3.12. The summed E-state index contributed by atoms with van der Waals surface area (Å²) in [5.74, 6) is -1.11. The van der Waals surface area contributed by atoms with E-state index in [1.54, 1.807) is 37.5 Å². The minimum atomic E-state index is -1.11. The van der Waals surface area contributed by atoms with E-state index in [1.165, 1.54) is 15.2 Å². The van der Waals surface area contributed by atoms with Crippen molar-refractivity contribution in [2.24, 2.45) is 7.05 Å². The van der Waals surface area contributed by atoms with Crippen molar-refractivity contribution in [3.8, 4) is 5.69 Å². The van der Waals surface area contributed by atoms with Gasteiger partial charge in [-0.1, -0.05) is 48.0 Å². The topological polar surface area (TPSA) is 64.2 Å². The molecule has 0 aliphatic carbocycles. The molecule has 0 saturated carbocycles. The van der Waals surface area contributed by atoms with E-state index in [1.807, 2.05) is 31.2 Å². The second kappa shape index (κ2) is 7.35. The molecule has 0 bridgehead atoms. The van der Waals surface area contributed by atoms with Crippen LogP contribution in [0.15, 0.2) is 72.2 Å². The van der Waals surface area contributed by atoms with Crippen LogP contribution >= 0.6 is 11.6 Å². The Morgan fingerprint density at radius 1 is 1.07 bits per heavy atom. The average molecular weight is 419 g/mol. The molecule has 0 unspecified atom stereocenters. The van der Waals surface area contributed by atoms with E-state index < -0.39 is 5.97 Å². The molecule has 150 valence electrons. The van der Waals surface area contributed by atoms with Crippen molar-refractivity contribution in [2.45, 2.75) is 6.92 Å². The molecule has 2 heterocycles. The first-order valence-corrected chi connectivity index (χ1v) is 9.66. The summed E-state index contributed by atoms with van der Waals surface area (Å²) in [6.07, 6.45) is 1.69. The van der Waals surface area contributed by atoms with E-state index in [2.05, 4.69) is 6.58 Å². The summed E-state index contributed by atoms with van der Waals surface area (Å²) >= 11 is 6.00.